The van der Waals surface area contributed by atoms with Gasteiger partial charge in [-0.15, -0.1) is 0 Å². The fourth-order valence-corrected chi connectivity index (χ4v) is 2.80. The molecule has 0 amide bonds. The van der Waals surface area contributed by atoms with Crippen LogP contribution in [-0.2, 0) is 6.42 Å². The predicted octanol–water partition coefficient (Wildman–Crippen LogP) is 2.07. The minimum Gasteiger partial charge on any atom is -0.327 e. The molecule has 0 aromatic carbocycles. The third-order valence-corrected chi connectivity index (χ3v) is 4.13. The summed E-state index contributed by atoms with van der Waals surface area (Å²) in [4.78, 5) is 12.9. The maximum atomic E-state index is 5.89. The average Bonchev–Trinajstić information content (AvgIpc) is 2.77. The first-order valence-electron chi connectivity index (χ1n) is 5.72. The van der Waals surface area contributed by atoms with Gasteiger partial charge in [-0.2, -0.15) is 4.37 Å². The van der Waals surface area contributed by atoms with Crippen LogP contribution >= 0.6 is 23.3 Å². The fraction of sp³-hybridized carbons (Fsp3) is 0.455. The summed E-state index contributed by atoms with van der Waals surface area (Å²) in [6, 6.07) is 0.179. The molecule has 0 spiro atoms. The maximum Gasteiger partial charge on any atom is 0.194 e. The first kappa shape index (κ1) is 13.4. The third-order valence-electron chi connectivity index (χ3n) is 2.39. The van der Waals surface area contributed by atoms with Crippen LogP contribution in [0.2, 0.25) is 0 Å². The fourth-order valence-electron chi connectivity index (χ4n) is 1.35. The first-order valence-corrected chi connectivity index (χ1v) is 7.31. The van der Waals surface area contributed by atoms with Crippen molar-refractivity contribution in [1.29, 1.82) is 0 Å². The molecule has 18 heavy (non-hydrogen) atoms. The van der Waals surface area contributed by atoms with Gasteiger partial charge in [0, 0.05) is 18.4 Å². The van der Waals surface area contributed by atoms with Crippen molar-refractivity contribution in [3.05, 3.63) is 23.8 Å². The molecule has 2 aromatic rings. The van der Waals surface area contributed by atoms with Crippen molar-refractivity contribution < 1.29 is 0 Å². The first-order chi connectivity index (χ1) is 8.67. The van der Waals surface area contributed by atoms with Crippen molar-refractivity contribution in [1.82, 2.24) is 19.3 Å². The average molecular weight is 281 g/mol. The standard InChI is InChI=1S/C11H15N5S2/c1-3-9(12)4-8-5-13-10(14-6-8)17-11-15-7(2)16-18-11/h5-6,9H,3-4,12H2,1-2H3. The lowest BCUT2D eigenvalue weighted by Gasteiger charge is -2.07. The Hall–Kier alpha value is -1.05. The van der Waals surface area contributed by atoms with Crippen LogP contribution < -0.4 is 5.73 Å². The van der Waals surface area contributed by atoms with Crippen LogP contribution in [-0.4, -0.2) is 25.4 Å². The molecule has 96 valence electrons. The number of nitrogens with zero attached hydrogens (tertiary/aromatic N) is 4. The molecule has 0 aliphatic carbocycles. The van der Waals surface area contributed by atoms with E-state index < -0.39 is 0 Å². The van der Waals surface area contributed by atoms with Gasteiger partial charge in [-0.05, 0) is 48.6 Å². The van der Waals surface area contributed by atoms with Crippen LogP contribution in [0.1, 0.15) is 24.7 Å². The molecule has 0 fully saturated rings. The molecular weight excluding hydrogens is 266 g/mol. The zero-order valence-corrected chi connectivity index (χ0v) is 12.0. The molecule has 0 radical (unpaired) electrons. The molecular formula is C11H15N5S2. The van der Waals surface area contributed by atoms with Gasteiger partial charge in [0.2, 0.25) is 0 Å². The van der Waals surface area contributed by atoms with Gasteiger partial charge in [0.1, 0.15) is 5.82 Å². The summed E-state index contributed by atoms with van der Waals surface area (Å²) in [7, 11) is 0. The van der Waals surface area contributed by atoms with Crippen LogP contribution in [0, 0.1) is 6.92 Å². The molecule has 0 bridgehead atoms. The molecule has 1 atom stereocenters. The highest BCUT2D eigenvalue weighted by atomic mass is 32.2. The van der Waals surface area contributed by atoms with E-state index in [0.29, 0.717) is 5.16 Å². The number of hydrogen-bond acceptors (Lipinski definition) is 7. The van der Waals surface area contributed by atoms with Gasteiger partial charge in [-0.3, -0.25) is 0 Å². The van der Waals surface area contributed by atoms with Crippen LogP contribution in [0.15, 0.2) is 21.9 Å². The Morgan fingerprint density at radius 2 is 2.11 bits per heavy atom. The number of nitrogens with two attached hydrogens (primary N) is 1. The molecule has 0 saturated heterocycles. The van der Waals surface area contributed by atoms with E-state index in [1.165, 1.54) is 23.3 Å². The van der Waals surface area contributed by atoms with Crippen molar-refractivity contribution in [2.24, 2.45) is 5.73 Å². The lowest BCUT2D eigenvalue weighted by molar-refractivity contribution is 0.641. The normalized spacial score (nSPS) is 12.6. The van der Waals surface area contributed by atoms with Crippen LogP contribution in [0.25, 0.3) is 0 Å². The summed E-state index contributed by atoms with van der Waals surface area (Å²) >= 11 is 2.80. The van der Waals surface area contributed by atoms with Gasteiger partial charge in [0.25, 0.3) is 0 Å². The third kappa shape index (κ3) is 3.72. The zero-order valence-electron chi connectivity index (χ0n) is 10.3. The Morgan fingerprint density at radius 1 is 1.39 bits per heavy atom. The maximum absolute atomic E-state index is 5.89. The van der Waals surface area contributed by atoms with Gasteiger partial charge in [0.15, 0.2) is 9.50 Å². The van der Waals surface area contributed by atoms with Crippen molar-refractivity contribution in [2.75, 3.05) is 0 Å². The van der Waals surface area contributed by atoms with Crippen LogP contribution in [0.3, 0.4) is 0 Å². The predicted molar refractivity (Wildman–Crippen MR) is 72.8 cm³/mol. The summed E-state index contributed by atoms with van der Waals surface area (Å²) < 4.78 is 4.98. The minimum absolute atomic E-state index is 0.179. The minimum atomic E-state index is 0.179. The number of aryl methyl sites for hydroxylation is 1. The molecule has 2 aromatic heterocycles. The number of aromatic nitrogens is 4. The van der Waals surface area contributed by atoms with Gasteiger partial charge in [-0.1, -0.05) is 6.92 Å². The lowest BCUT2D eigenvalue weighted by atomic mass is 10.1. The Balaban J connectivity index is 1.99. The summed E-state index contributed by atoms with van der Waals surface area (Å²) in [6.45, 7) is 3.95. The van der Waals surface area contributed by atoms with Crippen molar-refractivity contribution in [3.8, 4) is 0 Å². The van der Waals surface area contributed by atoms with E-state index in [1.807, 2.05) is 19.3 Å². The lowest BCUT2D eigenvalue weighted by Crippen LogP contribution is -2.21. The highest BCUT2D eigenvalue weighted by Crippen LogP contribution is 2.25. The summed E-state index contributed by atoms with van der Waals surface area (Å²) in [6.07, 6.45) is 5.44. The summed E-state index contributed by atoms with van der Waals surface area (Å²) in [5.74, 6) is 0.785. The Kier molecular flexibility index (Phi) is 4.62. The Bertz CT molecular complexity index is 496. The molecule has 2 heterocycles. The van der Waals surface area contributed by atoms with E-state index in [-0.39, 0.29) is 6.04 Å². The second-order valence-corrected chi connectivity index (χ2v) is 5.92. The highest BCUT2D eigenvalue weighted by molar-refractivity contribution is 8.00. The number of rotatable bonds is 5. The molecule has 2 rings (SSSR count). The van der Waals surface area contributed by atoms with E-state index in [4.69, 9.17) is 5.73 Å². The highest BCUT2D eigenvalue weighted by Gasteiger charge is 2.07. The smallest absolute Gasteiger partial charge is 0.194 e. The zero-order chi connectivity index (χ0) is 13.0. The molecule has 0 aliphatic heterocycles. The van der Waals surface area contributed by atoms with E-state index in [2.05, 4.69) is 26.2 Å². The molecule has 0 saturated carbocycles. The summed E-state index contributed by atoms with van der Waals surface area (Å²) in [5.41, 5.74) is 6.96. The van der Waals surface area contributed by atoms with Gasteiger partial charge < -0.3 is 5.73 Å². The monoisotopic (exact) mass is 281 g/mol. The van der Waals surface area contributed by atoms with E-state index in [0.717, 1.165) is 28.6 Å². The number of hydrogen-bond donors (Lipinski definition) is 1. The van der Waals surface area contributed by atoms with E-state index in [9.17, 15) is 0 Å². The molecule has 0 aliphatic rings. The topological polar surface area (TPSA) is 77.6 Å². The van der Waals surface area contributed by atoms with Crippen LogP contribution in [0.5, 0.6) is 0 Å². The van der Waals surface area contributed by atoms with Crippen molar-refractivity contribution in [2.45, 2.75) is 42.2 Å². The second-order valence-electron chi connectivity index (χ2n) is 3.96. The Labute approximate surface area is 114 Å². The Morgan fingerprint density at radius 3 is 2.67 bits per heavy atom. The second kappa shape index (κ2) is 6.21. The largest absolute Gasteiger partial charge is 0.327 e. The summed E-state index contributed by atoms with van der Waals surface area (Å²) in [5, 5.41) is 0.694. The quantitative estimate of drug-likeness (QED) is 0.845. The van der Waals surface area contributed by atoms with Gasteiger partial charge in [0.05, 0.1) is 0 Å². The van der Waals surface area contributed by atoms with Crippen LogP contribution in [0.4, 0.5) is 0 Å². The molecule has 5 nitrogen and oxygen atoms in total. The van der Waals surface area contributed by atoms with E-state index in [1.54, 1.807) is 0 Å². The van der Waals surface area contributed by atoms with Crippen molar-refractivity contribution in [3.63, 3.8) is 0 Å². The van der Waals surface area contributed by atoms with Gasteiger partial charge in [-0.25, -0.2) is 15.0 Å². The van der Waals surface area contributed by atoms with E-state index >= 15 is 0 Å². The molecule has 1 unspecified atom stereocenters. The van der Waals surface area contributed by atoms with Gasteiger partial charge >= 0.3 is 0 Å². The van der Waals surface area contributed by atoms with Crippen molar-refractivity contribution >= 4 is 23.3 Å². The molecule has 7 heteroatoms. The molecule has 2 N–H and O–H groups in total. The SMILES string of the molecule is CCC(N)Cc1cnc(Sc2nc(C)ns2)nc1.